The van der Waals surface area contributed by atoms with Gasteiger partial charge in [-0.2, -0.15) is 0 Å². The van der Waals surface area contributed by atoms with Gasteiger partial charge in [-0.3, -0.25) is 4.79 Å². The third-order valence-corrected chi connectivity index (χ3v) is 8.43. The minimum Gasteiger partial charge on any atom is -0.352 e. The van der Waals surface area contributed by atoms with Gasteiger partial charge in [-0.25, -0.2) is 17.7 Å². The number of carbonyl (C=O) groups excluding carboxylic acids is 1. The van der Waals surface area contributed by atoms with Crippen LogP contribution in [-0.2, 0) is 31.7 Å². The van der Waals surface area contributed by atoms with Crippen LogP contribution in [0.3, 0.4) is 0 Å². The van der Waals surface area contributed by atoms with Crippen LogP contribution in [0.2, 0.25) is 0 Å². The van der Waals surface area contributed by atoms with Gasteiger partial charge in [0.15, 0.2) is 6.10 Å². The van der Waals surface area contributed by atoms with E-state index in [0.717, 1.165) is 38.2 Å². The van der Waals surface area contributed by atoms with Gasteiger partial charge in [0.2, 0.25) is 10.0 Å². The van der Waals surface area contributed by atoms with E-state index in [-0.39, 0.29) is 11.7 Å². The lowest BCUT2D eigenvalue weighted by atomic mass is 9.89. The molecule has 0 N–H and O–H groups in total. The number of fused-ring (bicyclic) bond motifs is 2. The summed E-state index contributed by atoms with van der Waals surface area (Å²) in [5.41, 5.74) is -0.686. The van der Waals surface area contributed by atoms with Gasteiger partial charge in [-0.15, -0.1) is 0 Å². The maximum Gasteiger partial charge on any atom is 0.253 e. The minimum absolute atomic E-state index is 0.0569. The summed E-state index contributed by atoms with van der Waals surface area (Å²) < 4.78 is 35.3. The Morgan fingerprint density at radius 2 is 1.93 bits per heavy atom. The second-order valence-electron chi connectivity index (χ2n) is 8.46. The zero-order valence-electron chi connectivity index (χ0n) is 17.3. The Kier molecular flexibility index (Phi) is 5.99. The molecule has 1 spiro atoms. The van der Waals surface area contributed by atoms with Gasteiger partial charge in [-0.1, -0.05) is 13.3 Å². The Labute approximate surface area is 173 Å². The summed E-state index contributed by atoms with van der Waals surface area (Å²) in [6, 6.07) is 0. The van der Waals surface area contributed by atoms with E-state index in [1.165, 1.54) is 6.42 Å². The number of aromatic nitrogens is 2. The standard InChI is InChI=1S/C20H32N4O4S/c1-2-3-15-29(26,27)24-12-7-20(8-13-24)19-21-9-14-23(19)16-17(28-20)18(25)22-10-5-4-6-11-22/h9,14,17H,2-8,10-13,15-16H2,1H3/t17-/m1/s1. The number of ether oxygens (including phenoxy) is 1. The molecule has 1 aromatic rings. The first-order valence-corrected chi connectivity index (χ1v) is 12.5. The minimum atomic E-state index is -3.24. The average molecular weight is 425 g/mol. The summed E-state index contributed by atoms with van der Waals surface area (Å²) in [7, 11) is -3.24. The number of hydrogen-bond donors (Lipinski definition) is 0. The number of piperidine rings is 2. The predicted molar refractivity (Wildman–Crippen MR) is 109 cm³/mol. The molecule has 29 heavy (non-hydrogen) atoms. The van der Waals surface area contributed by atoms with Crippen LogP contribution in [0.5, 0.6) is 0 Å². The van der Waals surface area contributed by atoms with Crippen LogP contribution >= 0.6 is 0 Å². The van der Waals surface area contributed by atoms with Crippen LogP contribution in [0.1, 0.15) is 57.7 Å². The fraction of sp³-hybridized carbons (Fsp3) is 0.800. The van der Waals surface area contributed by atoms with Gasteiger partial charge in [0.25, 0.3) is 5.91 Å². The molecule has 2 fully saturated rings. The molecule has 0 saturated carbocycles. The van der Waals surface area contributed by atoms with E-state index in [9.17, 15) is 13.2 Å². The molecule has 2 saturated heterocycles. The van der Waals surface area contributed by atoms with Gasteiger partial charge in [0.1, 0.15) is 11.4 Å². The van der Waals surface area contributed by atoms with Gasteiger partial charge < -0.3 is 14.2 Å². The van der Waals surface area contributed by atoms with Crippen LogP contribution in [0.25, 0.3) is 0 Å². The van der Waals surface area contributed by atoms with Crippen molar-refractivity contribution in [1.82, 2.24) is 18.8 Å². The Morgan fingerprint density at radius 1 is 1.21 bits per heavy atom. The maximum atomic E-state index is 13.1. The number of amides is 1. The quantitative estimate of drug-likeness (QED) is 0.719. The summed E-state index contributed by atoms with van der Waals surface area (Å²) in [4.78, 5) is 19.6. The van der Waals surface area contributed by atoms with Crippen molar-refractivity contribution >= 4 is 15.9 Å². The van der Waals surface area contributed by atoms with E-state index in [1.807, 2.05) is 22.6 Å². The SMILES string of the molecule is CCCCS(=O)(=O)N1CCC2(CC1)O[C@@H](C(=O)N1CCCCC1)Cn1ccnc12. The molecule has 0 aliphatic carbocycles. The van der Waals surface area contributed by atoms with Crippen molar-refractivity contribution in [2.45, 2.75) is 70.1 Å². The fourth-order valence-corrected chi connectivity index (χ4v) is 6.42. The number of imidazole rings is 1. The molecule has 9 heteroatoms. The predicted octanol–water partition coefficient (Wildman–Crippen LogP) is 1.72. The topological polar surface area (TPSA) is 84.7 Å². The number of carbonyl (C=O) groups is 1. The third-order valence-electron chi connectivity index (χ3n) is 6.48. The molecule has 162 valence electrons. The molecule has 0 aromatic carbocycles. The average Bonchev–Trinajstić information content (AvgIpc) is 3.22. The summed E-state index contributed by atoms with van der Waals surface area (Å²) >= 11 is 0. The van der Waals surface area contributed by atoms with Crippen molar-refractivity contribution in [3.8, 4) is 0 Å². The lowest BCUT2D eigenvalue weighted by Gasteiger charge is -2.46. The van der Waals surface area contributed by atoms with Crippen molar-refractivity contribution in [2.24, 2.45) is 0 Å². The van der Waals surface area contributed by atoms with Gasteiger partial charge >= 0.3 is 0 Å². The van der Waals surface area contributed by atoms with Gasteiger partial charge in [-0.05, 0) is 38.5 Å². The molecule has 3 aliphatic heterocycles. The molecule has 1 amide bonds. The highest BCUT2D eigenvalue weighted by Crippen LogP contribution is 2.41. The second-order valence-corrected chi connectivity index (χ2v) is 10.5. The molecule has 0 unspecified atom stereocenters. The largest absolute Gasteiger partial charge is 0.352 e. The molecular weight excluding hydrogens is 392 g/mol. The van der Waals surface area contributed by atoms with Crippen LogP contribution in [0.4, 0.5) is 0 Å². The third kappa shape index (κ3) is 4.09. The molecule has 4 rings (SSSR count). The van der Waals surface area contributed by atoms with Crippen LogP contribution in [-0.4, -0.2) is 71.1 Å². The van der Waals surface area contributed by atoms with Crippen molar-refractivity contribution in [1.29, 1.82) is 0 Å². The monoisotopic (exact) mass is 424 g/mol. The number of nitrogens with zero attached hydrogens (tertiary/aromatic N) is 4. The van der Waals surface area contributed by atoms with E-state index in [0.29, 0.717) is 38.9 Å². The molecule has 4 heterocycles. The first-order valence-electron chi connectivity index (χ1n) is 10.9. The van der Waals surface area contributed by atoms with Crippen LogP contribution in [0.15, 0.2) is 12.4 Å². The normalized spacial score (nSPS) is 25.1. The summed E-state index contributed by atoms with van der Waals surface area (Å²) in [6.07, 6.45) is 8.98. The maximum absolute atomic E-state index is 13.1. The first kappa shape index (κ1) is 20.8. The summed E-state index contributed by atoms with van der Waals surface area (Å²) in [5.74, 6) is 1.08. The van der Waals surface area contributed by atoms with Crippen LogP contribution in [0, 0.1) is 0 Å². The number of sulfonamides is 1. The second kappa shape index (κ2) is 8.35. The lowest BCUT2D eigenvalue weighted by Crippen LogP contribution is -2.55. The molecule has 0 bridgehead atoms. The smallest absolute Gasteiger partial charge is 0.253 e. The highest BCUT2D eigenvalue weighted by molar-refractivity contribution is 7.89. The fourth-order valence-electron chi connectivity index (χ4n) is 4.77. The molecule has 3 aliphatic rings. The summed E-state index contributed by atoms with van der Waals surface area (Å²) in [5, 5.41) is 0. The van der Waals surface area contributed by atoms with Gasteiger partial charge in [0, 0.05) is 38.6 Å². The molecule has 1 aromatic heterocycles. The number of rotatable bonds is 5. The highest BCUT2D eigenvalue weighted by Gasteiger charge is 2.49. The van der Waals surface area contributed by atoms with Crippen LogP contribution < -0.4 is 0 Å². The van der Waals surface area contributed by atoms with Crippen molar-refractivity contribution in [2.75, 3.05) is 31.9 Å². The number of unbranched alkanes of at least 4 members (excludes halogenated alkanes) is 1. The van der Waals surface area contributed by atoms with E-state index in [4.69, 9.17) is 4.74 Å². The van der Waals surface area contributed by atoms with E-state index in [2.05, 4.69) is 4.98 Å². The molecule has 0 radical (unpaired) electrons. The van der Waals surface area contributed by atoms with Crippen molar-refractivity contribution in [3.05, 3.63) is 18.2 Å². The van der Waals surface area contributed by atoms with E-state index >= 15 is 0 Å². The first-order chi connectivity index (χ1) is 14.0. The van der Waals surface area contributed by atoms with E-state index < -0.39 is 21.7 Å². The Balaban J connectivity index is 1.50. The molecule has 8 nitrogen and oxygen atoms in total. The van der Waals surface area contributed by atoms with Crippen molar-refractivity contribution in [3.63, 3.8) is 0 Å². The zero-order chi connectivity index (χ0) is 20.5. The Hall–Kier alpha value is -1.45. The zero-order valence-corrected chi connectivity index (χ0v) is 18.1. The van der Waals surface area contributed by atoms with E-state index in [1.54, 1.807) is 10.5 Å². The highest BCUT2D eigenvalue weighted by atomic mass is 32.2. The molecule has 1 atom stereocenters. The lowest BCUT2D eigenvalue weighted by molar-refractivity contribution is -0.179. The summed E-state index contributed by atoms with van der Waals surface area (Å²) in [6.45, 7) is 4.88. The Morgan fingerprint density at radius 3 is 2.62 bits per heavy atom. The van der Waals surface area contributed by atoms with Crippen molar-refractivity contribution < 1.29 is 17.9 Å². The Bertz CT molecular complexity index is 823. The number of hydrogen-bond acceptors (Lipinski definition) is 5. The number of likely N-dealkylation sites (tertiary alicyclic amines) is 1. The van der Waals surface area contributed by atoms with Gasteiger partial charge in [0.05, 0.1) is 12.3 Å². The molecular formula is C20H32N4O4S.